The first-order valence-electron chi connectivity index (χ1n) is 6.07. The van der Waals surface area contributed by atoms with Gasteiger partial charge < -0.3 is 14.7 Å². The third-order valence-electron chi connectivity index (χ3n) is 3.52. The lowest BCUT2D eigenvalue weighted by Gasteiger charge is -2.32. The Labute approximate surface area is 119 Å². The maximum absolute atomic E-state index is 12.3. The van der Waals surface area contributed by atoms with Crippen molar-refractivity contribution in [1.29, 1.82) is 0 Å². The second-order valence-electron chi connectivity index (χ2n) is 4.83. The Hall–Kier alpha value is -0.820. The number of hydrogen-bond acceptors (Lipinski definition) is 3. The number of fused-ring (bicyclic) bond motifs is 2. The molecular weight excluding hydrogens is 345 g/mol. The number of ether oxygens (including phenoxy) is 1. The zero-order valence-corrected chi connectivity index (χ0v) is 12.0. The molecule has 2 aliphatic rings. The molecule has 2 heterocycles. The number of carbonyl (C=O) groups is 1. The predicted molar refractivity (Wildman–Crippen MR) is 74.6 cm³/mol. The van der Waals surface area contributed by atoms with E-state index < -0.39 is 0 Å². The van der Waals surface area contributed by atoms with E-state index in [9.17, 15) is 9.90 Å². The number of phenolic OH excluding ortho intramolecular Hbond substituents is 1. The van der Waals surface area contributed by atoms with Gasteiger partial charge in [0.1, 0.15) is 5.75 Å². The van der Waals surface area contributed by atoms with Gasteiger partial charge in [0.2, 0.25) is 0 Å². The van der Waals surface area contributed by atoms with Crippen LogP contribution in [0.5, 0.6) is 5.75 Å². The summed E-state index contributed by atoms with van der Waals surface area (Å²) in [6, 6.07) is 5.07. The molecular formula is C13H14INO3. The van der Waals surface area contributed by atoms with Gasteiger partial charge in [-0.05, 0) is 53.6 Å². The van der Waals surface area contributed by atoms with E-state index in [1.165, 1.54) is 0 Å². The quantitative estimate of drug-likeness (QED) is 0.781. The van der Waals surface area contributed by atoms with Crippen molar-refractivity contribution in [3.63, 3.8) is 0 Å². The molecule has 1 aromatic rings. The molecule has 0 aromatic heterocycles. The Kier molecular flexibility index (Phi) is 3.19. The highest BCUT2D eigenvalue weighted by Gasteiger charge is 2.35. The largest absolute Gasteiger partial charge is 0.507 e. The van der Waals surface area contributed by atoms with E-state index in [4.69, 9.17) is 4.74 Å². The van der Waals surface area contributed by atoms with Crippen molar-refractivity contribution < 1.29 is 14.6 Å². The molecule has 2 aliphatic heterocycles. The summed E-state index contributed by atoms with van der Waals surface area (Å²) in [5, 5.41) is 9.66. The lowest BCUT2D eigenvalue weighted by molar-refractivity contribution is -0.0303. The van der Waals surface area contributed by atoms with Crippen molar-refractivity contribution in [1.82, 2.24) is 4.90 Å². The first kappa shape index (κ1) is 12.2. The third kappa shape index (κ3) is 2.21. The number of nitrogens with zero attached hydrogens (tertiary/aromatic N) is 1. The van der Waals surface area contributed by atoms with Crippen molar-refractivity contribution >= 4 is 28.5 Å². The maximum atomic E-state index is 12.3. The van der Waals surface area contributed by atoms with Crippen LogP contribution in [-0.2, 0) is 4.74 Å². The van der Waals surface area contributed by atoms with Crippen LogP contribution in [0.25, 0.3) is 0 Å². The summed E-state index contributed by atoms with van der Waals surface area (Å²) in [6.45, 7) is 1.34. The Morgan fingerprint density at radius 3 is 2.61 bits per heavy atom. The van der Waals surface area contributed by atoms with E-state index in [0.29, 0.717) is 18.7 Å². The summed E-state index contributed by atoms with van der Waals surface area (Å²) < 4.78 is 6.47. The molecule has 0 spiro atoms. The molecule has 2 saturated heterocycles. The van der Waals surface area contributed by atoms with Crippen molar-refractivity contribution in [2.24, 2.45) is 0 Å². The molecule has 0 saturated carbocycles. The fourth-order valence-corrected chi connectivity index (χ4v) is 2.94. The maximum Gasteiger partial charge on any atom is 0.254 e. The van der Waals surface area contributed by atoms with Gasteiger partial charge in [-0.3, -0.25) is 4.79 Å². The molecule has 2 fully saturated rings. The average Bonchev–Trinajstić information content (AvgIpc) is 2.71. The van der Waals surface area contributed by atoms with E-state index in [1.807, 2.05) is 27.5 Å². The summed E-state index contributed by atoms with van der Waals surface area (Å²) in [6.07, 6.45) is 2.49. The van der Waals surface area contributed by atoms with E-state index in [0.717, 1.165) is 16.4 Å². The topological polar surface area (TPSA) is 49.8 Å². The minimum absolute atomic E-state index is 0.0121. The van der Waals surface area contributed by atoms with Crippen molar-refractivity contribution in [3.8, 4) is 5.75 Å². The number of likely N-dealkylation sites (tertiary alicyclic amines) is 1. The number of hydrogen-bond donors (Lipinski definition) is 1. The summed E-state index contributed by atoms with van der Waals surface area (Å²) >= 11 is 2.04. The van der Waals surface area contributed by atoms with E-state index in [2.05, 4.69) is 0 Å². The molecule has 2 atom stereocenters. The number of rotatable bonds is 1. The number of carbonyl (C=O) groups excluding carboxylic acids is 1. The second-order valence-corrected chi connectivity index (χ2v) is 6.00. The zero-order chi connectivity index (χ0) is 12.7. The molecule has 1 aromatic carbocycles. The Morgan fingerprint density at radius 2 is 2.00 bits per heavy atom. The van der Waals surface area contributed by atoms with Gasteiger partial charge in [0.25, 0.3) is 5.91 Å². The number of amides is 1. The molecule has 0 aliphatic carbocycles. The van der Waals surface area contributed by atoms with Gasteiger partial charge in [0.05, 0.1) is 15.8 Å². The number of halogens is 1. The zero-order valence-electron chi connectivity index (χ0n) is 9.80. The molecule has 1 amide bonds. The highest BCUT2D eigenvalue weighted by atomic mass is 127. The highest BCUT2D eigenvalue weighted by Crippen LogP contribution is 2.28. The molecule has 96 valence electrons. The van der Waals surface area contributed by atoms with Crippen LogP contribution >= 0.6 is 22.6 Å². The Bertz CT molecular complexity index is 479. The van der Waals surface area contributed by atoms with Gasteiger partial charge >= 0.3 is 0 Å². The summed E-state index contributed by atoms with van der Waals surface area (Å²) in [7, 11) is 0. The lowest BCUT2D eigenvalue weighted by Crippen LogP contribution is -2.45. The van der Waals surface area contributed by atoms with Crippen molar-refractivity contribution in [3.05, 3.63) is 27.3 Å². The molecule has 4 nitrogen and oxygen atoms in total. The van der Waals surface area contributed by atoms with E-state index in [1.54, 1.807) is 18.2 Å². The molecule has 2 bridgehead atoms. The van der Waals surface area contributed by atoms with Gasteiger partial charge in [-0.25, -0.2) is 0 Å². The van der Waals surface area contributed by atoms with Crippen molar-refractivity contribution in [2.75, 3.05) is 13.1 Å². The predicted octanol–water partition coefficient (Wildman–Crippen LogP) is 2.00. The molecule has 1 N–H and O–H groups in total. The molecule has 3 rings (SSSR count). The minimum atomic E-state index is -0.0121. The average molecular weight is 359 g/mol. The number of aromatic hydroxyl groups is 1. The van der Waals surface area contributed by atoms with Gasteiger partial charge in [0, 0.05) is 18.7 Å². The smallest absolute Gasteiger partial charge is 0.254 e. The van der Waals surface area contributed by atoms with E-state index >= 15 is 0 Å². The summed E-state index contributed by atoms with van der Waals surface area (Å²) in [5.41, 5.74) is 0.550. The normalized spacial score (nSPS) is 26.4. The highest BCUT2D eigenvalue weighted by molar-refractivity contribution is 14.1. The molecule has 18 heavy (non-hydrogen) atoms. The lowest BCUT2D eigenvalue weighted by atomic mass is 10.1. The monoisotopic (exact) mass is 359 g/mol. The minimum Gasteiger partial charge on any atom is -0.507 e. The van der Waals surface area contributed by atoms with Crippen LogP contribution in [0.15, 0.2) is 18.2 Å². The molecule has 0 radical (unpaired) electrons. The Balaban J connectivity index is 1.79. The van der Waals surface area contributed by atoms with Gasteiger partial charge in [0.15, 0.2) is 0 Å². The van der Waals surface area contributed by atoms with E-state index in [-0.39, 0.29) is 23.9 Å². The van der Waals surface area contributed by atoms with Crippen LogP contribution in [0.2, 0.25) is 0 Å². The fraction of sp³-hybridized carbons (Fsp3) is 0.462. The van der Waals surface area contributed by atoms with Crippen LogP contribution < -0.4 is 0 Å². The third-order valence-corrected chi connectivity index (χ3v) is 4.44. The number of benzene rings is 1. The summed E-state index contributed by atoms with van der Waals surface area (Å²) in [4.78, 5) is 14.2. The van der Waals surface area contributed by atoms with Crippen LogP contribution in [0, 0.1) is 3.57 Å². The van der Waals surface area contributed by atoms with Crippen LogP contribution in [0.1, 0.15) is 23.2 Å². The second kappa shape index (κ2) is 4.70. The first-order chi connectivity index (χ1) is 8.63. The summed E-state index contributed by atoms with van der Waals surface area (Å²) in [5.74, 6) is 0.152. The van der Waals surface area contributed by atoms with Crippen LogP contribution in [0.4, 0.5) is 0 Å². The molecule has 2 unspecified atom stereocenters. The van der Waals surface area contributed by atoms with Crippen LogP contribution in [0.3, 0.4) is 0 Å². The molecule has 5 heteroatoms. The number of phenols is 1. The first-order valence-corrected chi connectivity index (χ1v) is 7.14. The van der Waals surface area contributed by atoms with Gasteiger partial charge in [-0.1, -0.05) is 0 Å². The Morgan fingerprint density at radius 1 is 1.33 bits per heavy atom. The standard InChI is InChI=1S/C13H14INO3/c14-11-4-1-8(5-12(11)16)13(17)15-6-9-2-3-10(7-15)18-9/h1,4-5,9-10,16H,2-3,6-7H2. The SMILES string of the molecule is O=C(c1ccc(I)c(O)c1)N1CC2CCC(C1)O2. The van der Waals surface area contributed by atoms with Crippen LogP contribution in [-0.4, -0.2) is 41.2 Å². The fourth-order valence-electron chi connectivity index (χ4n) is 2.61. The van der Waals surface area contributed by atoms with Gasteiger partial charge in [-0.15, -0.1) is 0 Å². The van der Waals surface area contributed by atoms with Crippen molar-refractivity contribution in [2.45, 2.75) is 25.0 Å². The number of morpholine rings is 1. The van der Waals surface area contributed by atoms with Gasteiger partial charge in [-0.2, -0.15) is 0 Å².